The van der Waals surface area contributed by atoms with Crippen LogP contribution in [0.15, 0.2) is 39.5 Å². The number of alkyl halides is 1. The maximum absolute atomic E-state index is 11.3. The van der Waals surface area contributed by atoms with Gasteiger partial charge in [0.05, 0.1) is 0 Å². The topological polar surface area (TPSA) is 70.7 Å². The highest BCUT2D eigenvalue weighted by Gasteiger charge is 2.27. The van der Waals surface area contributed by atoms with Gasteiger partial charge in [-0.1, -0.05) is 29.8 Å². The van der Waals surface area contributed by atoms with Crippen LogP contribution in [-0.4, -0.2) is 10.2 Å². The van der Waals surface area contributed by atoms with Crippen LogP contribution >= 0.6 is 11.6 Å². The van der Waals surface area contributed by atoms with Gasteiger partial charge in [0.15, 0.2) is 0 Å². The molecule has 1 aromatic carbocycles. The van der Waals surface area contributed by atoms with Gasteiger partial charge in [0, 0.05) is 5.39 Å². The van der Waals surface area contributed by atoms with E-state index in [1.807, 2.05) is 0 Å². The van der Waals surface area contributed by atoms with Gasteiger partial charge in [0.1, 0.15) is 11.1 Å². The molecule has 0 saturated carbocycles. The Balaban J connectivity index is 2.79. The number of aliphatic hydroxyl groups is 2. The number of halogens is 1. The van der Waals surface area contributed by atoms with E-state index in [-0.39, 0.29) is 0 Å². The van der Waals surface area contributed by atoms with Gasteiger partial charge in [-0.25, -0.2) is 4.79 Å². The number of rotatable bonds is 1. The quantitative estimate of drug-likeness (QED) is 0.434. The Labute approximate surface area is 89.3 Å². The molecule has 0 saturated heterocycles. The Kier molecular flexibility index (Phi) is 2.26. The van der Waals surface area contributed by atoms with Crippen molar-refractivity contribution in [1.29, 1.82) is 0 Å². The lowest BCUT2D eigenvalue weighted by molar-refractivity contribution is -0.0921. The summed E-state index contributed by atoms with van der Waals surface area (Å²) in [6, 6.07) is 8.00. The number of benzene rings is 1. The van der Waals surface area contributed by atoms with E-state index in [1.165, 1.54) is 6.07 Å². The maximum Gasteiger partial charge on any atom is 0.346 e. The van der Waals surface area contributed by atoms with Crippen LogP contribution < -0.4 is 5.63 Å². The Morgan fingerprint density at radius 2 is 1.93 bits per heavy atom. The highest BCUT2D eigenvalue weighted by molar-refractivity contribution is 6.21. The van der Waals surface area contributed by atoms with Gasteiger partial charge in [-0.2, -0.15) is 0 Å². The van der Waals surface area contributed by atoms with Gasteiger partial charge in [0.25, 0.3) is 5.25 Å². The molecule has 0 atom stereocenters. The minimum atomic E-state index is -2.70. The monoisotopic (exact) mass is 226 g/mol. The molecule has 4 nitrogen and oxygen atoms in total. The van der Waals surface area contributed by atoms with Gasteiger partial charge in [-0.05, 0) is 12.1 Å². The Morgan fingerprint density at radius 3 is 2.60 bits per heavy atom. The molecule has 0 aliphatic rings. The van der Waals surface area contributed by atoms with Gasteiger partial charge < -0.3 is 14.6 Å². The smallest absolute Gasteiger partial charge is 0.346 e. The third-order valence-electron chi connectivity index (χ3n) is 1.98. The molecule has 0 radical (unpaired) electrons. The molecular weight excluding hydrogens is 220 g/mol. The van der Waals surface area contributed by atoms with Crippen LogP contribution in [-0.2, 0) is 5.25 Å². The lowest BCUT2D eigenvalue weighted by Gasteiger charge is -2.11. The van der Waals surface area contributed by atoms with E-state index in [9.17, 15) is 4.79 Å². The Hall–Kier alpha value is -1.36. The van der Waals surface area contributed by atoms with Crippen LogP contribution in [0.2, 0.25) is 0 Å². The normalized spacial score (nSPS) is 11.9. The van der Waals surface area contributed by atoms with E-state index in [0.29, 0.717) is 11.0 Å². The van der Waals surface area contributed by atoms with Crippen molar-refractivity contribution in [3.05, 3.63) is 46.3 Å². The molecule has 0 aliphatic heterocycles. The first-order valence-corrected chi connectivity index (χ1v) is 4.53. The molecule has 0 fully saturated rings. The van der Waals surface area contributed by atoms with Gasteiger partial charge in [0.2, 0.25) is 0 Å². The summed E-state index contributed by atoms with van der Waals surface area (Å²) in [5, 5.41) is 16.0. The van der Waals surface area contributed by atoms with E-state index < -0.39 is 16.4 Å². The van der Waals surface area contributed by atoms with E-state index in [1.54, 1.807) is 24.3 Å². The van der Waals surface area contributed by atoms with Crippen molar-refractivity contribution in [1.82, 2.24) is 0 Å². The Bertz CT molecular complexity index is 553. The summed E-state index contributed by atoms with van der Waals surface area (Å²) < 4.78 is 4.86. The predicted octanol–water partition coefficient (Wildman–Crippen LogP) is 1.13. The molecule has 2 aromatic rings. The number of fused-ring (bicyclic) bond motifs is 1. The molecular formula is C10H7ClO4. The fourth-order valence-electron chi connectivity index (χ4n) is 1.28. The van der Waals surface area contributed by atoms with E-state index >= 15 is 0 Å². The van der Waals surface area contributed by atoms with E-state index in [0.717, 1.165) is 0 Å². The molecule has 78 valence electrons. The summed E-state index contributed by atoms with van der Waals surface area (Å²) in [4.78, 5) is 11.3. The second-order valence-corrected chi connectivity index (χ2v) is 3.60. The number of para-hydroxylation sites is 1. The largest absolute Gasteiger partial charge is 0.422 e. The third-order valence-corrected chi connectivity index (χ3v) is 2.19. The molecule has 2 N–H and O–H groups in total. The minimum Gasteiger partial charge on any atom is -0.422 e. The first-order valence-electron chi connectivity index (χ1n) is 4.15. The molecule has 2 rings (SSSR count). The summed E-state index contributed by atoms with van der Waals surface area (Å²) in [6.07, 6.45) is 0. The van der Waals surface area contributed by atoms with Gasteiger partial charge in [-0.3, -0.25) is 0 Å². The predicted molar refractivity (Wildman–Crippen MR) is 54.5 cm³/mol. The summed E-state index contributed by atoms with van der Waals surface area (Å²) in [6.45, 7) is 0. The van der Waals surface area contributed by atoms with Crippen molar-refractivity contribution in [2.75, 3.05) is 0 Å². The summed E-state index contributed by atoms with van der Waals surface area (Å²) >= 11 is 5.22. The zero-order valence-corrected chi connectivity index (χ0v) is 8.23. The zero-order valence-electron chi connectivity index (χ0n) is 7.48. The lowest BCUT2D eigenvalue weighted by Crippen LogP contribution is -2.24. The van der Waals surface area contributed by atoms with Crippen LogP contribution in [0.3, 0.4) is 0 Å². The number of hydrogen-bond acceptors (Lipinski definition) is 4. The van der Waals surface area contributed by atoms with Crippen molar-refractivity contribution >= 4 is 22.6 Å². The van der Waals surface area contributed by atoms with Crippen LogP contribution in [0.5, 0.6) is 0 Å². The average Bonchev–Trinajstić information content (AvgIpc) is 2.15. The minimum absolute atomic E-state index is 0.368. The molecule has 1 heterocycles. The van der Waals surface area contributed by atoms with Crippen molar-refractivity contribution in [3.63, 3.8) is 0 Å². The highest BCUT2D eigenvalue weighted by atomic mass is 35.5. The van der Waals surface area contributed by atoms with Crippen molar-refractivity contribution in [2.45, 2.75) is 5.25 Å². The first-order chi connectivity index (χ1) is 6.98. The standard InChI is InChI=1S/C10H7ClO4/c11-10(13,14)7-5-6-3-1-2-4-8(6)15-9(7)12/h1-5,13-14H. The average molecular weight is 227 g/mol. The molecule has 0 bridgehead atoms. The van der Waals surface area contributed by atoms with E-state index in [2.05, 4.69) is 0 Å². The van der Waals surface area contributed by atoms with Crippen LogP contribution in [0.25, 0.3) is 11.0 Å². The lowest BCUT2D eigenvalue weighted by atomic mass is 10.2. The van der Waals surface area contributed by atoms with Crippen molar-refractivity contribution < 1.29 is 14.6 Å². The first kappa shape index (κ1) is 10.2. The SMILES string of the molecule is O=c1oc2ccccc2cc1C(O)(O)Cl. The molecule has 0 spiro atoms. The maximum atomic E-state index is 11.3. The summed E-state index contributed by atoms with van der Waals surface area (Å²) in [5.74, 6) is 0. The second kappa shape index (κ2) is 3.34. The van der Waals surface area contributed by atoms with Crippen LogP contribution in [0.4, 0.5) is 0 Å². The second-order valence-electron chi connectivity index (χ2n) is 3.07. The zero-order chi connectivity index (χ0) is 11.1. The van der Waals surface area contributed by atoms with Gasteiger partial charge >= 0.3 is 5.63 Å². The fourth-order valence-corrected chi connectivity index (χ4v) is 1.42. The fraction of sp³-hybridized carbons (Fsp3) is 0.100. The highest BCUT2D eigenvalue weighted by Crippen LogP contribution is 2.22. The van der Waals surface area contributed by atoms with Crippen molar-refractivity contribution in [2.24, 2.45) is 0 Å². The molecule has 5 heteroatoms. The number of hydrogen-bond donors (Lipinski definition) is 2. The summed E-state index contributed by atoms with van der Waals surface area (Å²) in [7, 11) is 0. The molecule has 0 amide bonds. The molecule has 1 aromatic heterocycles. The Morgan fingerprint density at radius 1 is 1.27 bits per heavy atom. The van der Waals surface area contributed by atoms with Gasteiger partial charge in [-0.15, -0.1) is 0 Å². The summed E-state index contributed by atoms with van der Waals surface area (Å²) in [5.41, 5.74) is -0.899. The van der Waals surface area contributed by atoms with Crippen molar-refractivity contribution in [3.8, 4) is 0 Å². The van der Waals surface area contributed by atoms with Crippen LogP contribution in [0.1, 0.15) is 5.56 Å². The third kappa shape index (κ3) is 1.87. The molecule has 0 unspecified atom stereocenters. The van der Waals surface area contributed by atoms with Crippen LogP contribution in [0, 0.1) is 0 Å². The van der Waals surface area contributed by atoms with E-state index in [4.69, 9.17) is 26.2 Å². The molecule has 0 aliphatic carbocycles. The molecule has 15 heavy (non-hydrogen) atoms.